The molecule has 18 heteroatoms. The van der Waals surface area contributed by atoms with Gasteiger partial charge in [0.15, 0.2) is 0 Å². The van der Waals surface area contributed by atoms with Gasteiger partial charge in [0.2, 0.25) is 17.7 Å². The van der Waals surface area contributed by atoms with Gasteiger partial charge in [-0.05, 0) is 30.7 Å². The van der Waals surface area contributed by atoms with Gasteiger partial charge in [-0.1, -0.05) is 44.2 Å². The van der Waals surface area contributed by atoms with Crippen LogP contribution in [0, 0.1) is 23.0 Å². The Labute approximate surface area is 332 Å². The Morgan fingerprint density at radius 3 is 2.40 bits per heavy atom. The maximum Gasteiger partial charge on any atom is 0.327 e. The largest absolute Gasteiger partial charge is 0.480 e. The standard InChI is InChI=1S/C39H48F3N7O7S/c1-22(50)37(54)49(19-24-16-43-17-28(24)42)34(35-46-29(26-13-25(40)9-10-27(26)41)20-48(35)18-23-7-5-4-6-8-23)39(2,3)15-33(52)45-12-11-44-32(51)14-31-36(53)47-30(21-57-31)38(55)56/h4-10,13,20,22,24,28,30-31,34,43,50H,11-12,14-19,21H2,1-3H3,(H,44,51)(H,45,52)(H,47,53)(H,55,56)/t22-,24-,28-,30-,31?,34-/m0/s1. The van der Waals surface area contributed by atoms with Crippen molar-refractivity contribution < 1.29 is 47.4 Å². The number of nitrogens with zero attached hydrogens (tertiary/aromatic N) is 3. The van der Waals surface area contributed by atoms with Gasteiger partial charge in [-0.2, -0.15) is 0 Å². The molecular weight excluding hydrogens is 768 g/mol. The molecule has 6 N–H and O–H groups in total. The average Bonchev–Trinajstić information content (AvgIpc) is 3.76. The van der Waals surface area contributed by atoms with Crippen molar-refractivity contribution in [3.05, 3.63) is 77.8 Å². The van der Waals surface area contributed by atoms with Crippen LogP contribution in [0.3, 0.4) is 0 Å². The van der Waals surface area contributed by atoms with Crippen molar-refractivity contribution in [2.24, 2.45) is 11.3 Å². The van der Waals surface area contributed by atoms with E-state index in [4.69, 9.17) is 10.1 Å². The summed E-state index contributed by atoms with van der Waals surface area (Å²) >= 11 is 1.07. The molecule has 1 aromatic heterocycles. The Morgan fingerprint density at radius 1 is 1.07 bits per heavy atom. The van der Waals surface area contributed by atoms with Gasteiger partial charge in [0.25, 0.3) is 5.91 Å². The van der Waals surface area contributed by atoms with Crippen LogP contribution in [0.5, 0.6) is 0 Å². The first-order valence-corrected chi connectivity index (χ1v) is 19.7. The van der Waals surface area contributed by atoms with Crippen LogP contribution in [0.15, 0.2) is 54.7 Å². The molecule has 308 valence electrons. The van der Waals surface area contributed by atoms with E-state index in [9.17, 15) is 33.5 Å². The SMILES string of the molecule is C[C@H](O)C(=O)N(C[C@@H]1CNC[C@@H]1F)[C@@H](c1nc(-c2cc(F)ccc2F)cn1Cc1ccccc1)C(C)(C)CC(=O)NCCNC(=O)CC1SC[C@@H](C(=O)O)NC1=O. The third kappa shape index (κ3) is 11.1. The molecular formula is C39H48F3N7O7S. The molecule has 0 spiro atoms. The van der Waals surface area contributed by atoms with Crippen molar-refractivity contribution in [3.63, 3.8) is 0 Å². The van der Waals surface area contributed by atoms with E-state index in [1.54, 1.807) is 18.4 Å². The number of carbonyl (C=O) groups excluding carboxylic acids is 4. The zero-order valence-corrected chi connectivity index (χ0v) is 32.7. The van der Waals surface area contributed by atoms with E-state index in [1.807, 2.05) is 30.3 Å². The van der Waals surface area contributed by atoms with Crippen molar-refractivity contribution in [2.75, 3.05) is 38.5 Å². The van der Waals surface area contributed by atoms with E-state index in [0.717, 1.165) is 35.5 Å². The summed E-state index contributed by atoms with van der Waals surface area (Å²) in [4.78, 5) is 69.8. The number of hydrogen-bond donors (Lipinski definition) is 6. The van der Waals surface area contributed by atoms with Crippen molar-refractivity contribution in [3.8, 4) is 11.3 Å². The van der Waals surface area contributed by atoms with Crippen LogP contribution in [0.4, 0.5) is 13.2 Å². The summed E-state index contributed by atoms with van der Waals surface area (Å²) < 4.78 is 46.6. The predicted octanol–water partition coefficient (Wildman–Crippen LogP) is 2.41. The molecule has 4 amide bonds. The fraction of sp³-hybridized carbons (Fsp3) is 0.487. The summed E-state index contributed by atoms with van der Waals surface area (Å²) in [6, 6.07) is 10.0. The van der Waals surface area contributed by atoms with Gasteiger partial charge < -0.3 is 40.9 Å². The van der Waals surface area contributed by atoms with Gasteiger partial charge in [0.1, 0.15) is 35.8 Å². The van der Waals surface area contributed by atoms with E-state index in [2.05, 4.69) is 21.3 Å². The lowest BCUT2D eigenvalue weighted by molar-refractivity contribution is -0.147. The topological polar surface area (TPSA) is 195 Å². The Morgan fingerprint density at radius 2 is 1.77 bits per heavy atom. The van der Waals surface area contributed by atoms with Crippen LogP contribution in [-0.2, 0) is 30.5 Å². The minimum Gasteiger partial charge on any atom is -0.480 e. The molecule has 6 atom stereocenters. The number of rotatable bonds is 17. The number of alkyl halides is 1. The van der Waals surface area contributed by atoms with Gasteiger partial charge >= 0.3 is 5.97 Å². The van der Waals surface area contributed by atoms with Gasteiger partial charge in [-0.25, -0.2) is 22.9 Å². The summed E-state index contributed by atoms with van der Waals surface area (Å²) in [7, 11) is 0. The third-order valence-corrected chi connectivity index (χ3v) is 11.3. The van der Waals surface area contributed by atoms with Gasteiger partial charge in [0, 0.05) is 81.0 Å². The first-order valence-electron chi connectivity index (χ1n) is 18.6. The van der Waals surface area contributed by atoms with Crippen LogP contribution in [0.1, 0.15) is 51.0 Å². The van der Waals surface area contributed by atoms with Gasteiger partial charge in [0.05, 0.1) is 17.0 Å². The van der Waals surface area contributed by atoms with E-state index in [1.165, 1.54) is 18.0 Å². The Bertz CT molecular complexity index is 1930. The van der Waals surface area contributed by atoms with E-state index < -0.39 is 82.2 Å². The number of halogens is 3. The van der Waals surface area contributed by atoms with Crippen LogP contribution >= 0.6 is 11.8 Å². The monoisotopic (exact) mass is 815 g/mol. The number of benzene rings is 2. The number of nitrogens with one attached hydrogen (secondary N) is 4. The van der Waals surface area contributed by atoms with Crippen LogP contribution < -0.4 is 21.3 Å². The summed E-state index contributed by atoms with van der Waals surface area (Å²) in [6.45, 7) is 5.05. The minimum absolute atomic E-state index is 0.00433. The first-order chi connectivity index (χ1) is 27.0. The number of thioether (sulfide) groups is 1. The summed E-state index contributed by atoms with van der Waals surface area (Å²) in [5.41, 5.74) is -0.473. The number of imidazole rings is 1. The Balaban J connectivity index is 1.41. The second kappa shape index (κ2) is 19.0. The van der Waals surface area contributed by atoms with Crippen molar-refractivity contribution in [1.82, 2.24) is 35.7 Å². The molecule has 2 fully saturated rings. The third-order valence-electron chi connectivity index (χ3n) is 9.96. The fourth-order valence-electron chi connectivity index (χ4n) is 7.08. The molecule has 1 unspecified atom stereocenters. The van der Waals surface area contributed by atoms with E-state index in [0.29, 0.717) is 0 Å². The number of aromatic nitrogens is 2. The molecule has 2 aliphatic rings. The summed E-state index contributed by atoms with van der Waals surface area (Å²) in [5.74, 6) is -5.20. The van der Waals surface area contributed by atoms with Crippen LogP contribution in [0.2, 0.25) is 0 Å². The number of carbonyl (C=O) groups is 5. The molecule has 0 radical (unpaired) electrons. The van der Waals surface area contributed by atoms with Gasteiger partial charge in [-0.15, -0.1) is 11.8 Å². The molecule has 2 saturated heterocycles. The maximum atomic E-state index is 15.2. The van der Waals surface area contributed by atoms with E-state index >= 15 is 8.78 Å². The molecule has 3 heterocycles. The molecule has 57 heavy (non-hydrogen) atoms. The van der Waals surface area contributed by atoms with E-state index in [-0.39, 0.29) is 74.9 Å². The molecule has 0 aliphatic carbocycles. The molecule has 14 nitrogen and oxygen atoms in total. The first kappa shape index (κ1) is 43.2. The highest BCUT2D eigenvalue weighted by atomic mass is 32.2. The number of amides is 4. The predicted molar refractivity (Wildman–Crippen MR) is 205 cm³/mol. The van der Waals surface area contributed by atoms with Crippen molar-refractivity contribution in [1.29, 1.82) is 0 Å². The number of aliphatic hydroxyl groups is 1. The summed E-state index contributed by atoms with van der Waals surface area (Å²) in [5, 5.41) is 29.8. The Hall–Kier alpha value is -4.94. The normalized spacial score (nSPS) is 20.6. The molecule has 2 aromatic carbocycles. The molecule has 2 aliphatic heterocycles. The average molecular weight is 816 g/mol. The quantitative estimate of drug-likeness (QED) is 0.110. The number of carboxylic acids is 1. The number of hydrogen-bond acceptors (Lipinski definition) is 9. The number of aliphatic hydroxyl groups excluding tert-OH is 1. The summed E-state index contributed by atoms with van der Waals surface area (Å²) in [6.07, 6.45) is -1.73. The highest BCUT2D eigenvalue weighted by molar-refractivity contribution is 8.00. The lowest BCUT2D eigenvalue weighted by Crippen LogP contribution is -2.51. The highest BCUT2D eigenvalue weighted by Crippen LogP contribution is 2.43. The minimum atomic E-state index is -1.53. The molecule has 0 saturated carbocycles. The lowest BCUT2D eigenvalue weighted by atomic mass is 9.78. The zero-order valence-electron chi connectivity index (χ0n) is 31.8. The number of carboxylic acid groups (broad SMARTS) is 1. The highest BCUT2D eigenvalue weighted by Gasteiger charge is 2.45. The Kier molecular flexibility index (Phi) is 14.4. The zero-order chi connectivity index (χ0) is 41.4. The fourth-order valence-corrected chi connectivity index (χ4v) is 8.22. The molecule has 5 rings (SSSR count). The maximum absolute atomic E-state index is 15.2. The van der Waals surface area contributed by atoms with Crippen LogP contribution in [-0.4, -0.2) is 116 Å². The van der Waals surface area contributed by atoms with Crippen molar-refractivity contribution >= 4 is 41.4 Å². The second-order valence-electron chi connectivity index (χ2n) is 15.0. The molecule has 3 aromatic rings. The lowest BCUT2D eigenvalue weighted by Gasteiger charge is -2.43. The van der Waals surface area contributed by atoms with Crippen LogP contribution in [0.25, 0.3) is 11.3 Å². The van der Waals surface area contributed by atoms with Crippen molar-refractivity contribution in [2.45, 2.75) is 69.8 Å². The second-order valence-corrected chi connectivity index (χ2v) is 16.3. The van der Waals surface area contributed by atoms with Gasteiger partial charge in [-0.3, -0.25) is 19.2 Å². The number of aliphatic carboxylic acids is 1. The smallest absolute Gasteiger partial charge is 0.327 e. The molecule has 0 bridgehead atoms.